The van der Waals surface area contributed by atoms with Gasteiger partial charge in [0, 0.05) is 18.4 Å². The third kappa shape index (κ3) is 2.41. The summed E-state index contributed by atoms with van der Waals surface area (Å²) in [6.07, 6.45) is 9.77. The second-order valence-corrected chi connectivity index (χ2v) is 10.0. The Morgan fingerprint density at radius 2 is 2.00 bits per heavy atom. The molecule has 0 spiro atoms. The van der Waals surface area contributed by atoms with Crippen molar-refractivity contribution in [1.29, 1.82) is 0 Å². The van der Waals surface area contributed by atoms with E-state index >= 15 is 0 Å². The first-order valence-electron chi connectivity index (χ1n) is 10.5. The molecule has 0 heterocycles. The van der Waals surface area contributed by atoms with E-state index in [1.807, 2.05) is 0 Å². The van der Waals surface area contributed by atoms with Crippen LogP contribution in [0.2, 0.25) is 0 Å². The number of allylic oxidation sites excluding steroid dienone is 2. The summed E-state index contributed by atoms with van der Waals surface area (Å²) in [7, 11) is 0. The van der Waals surface area contributed by atoms with Crippen LogP contribution in [0.1, 0.15) is 65.2 Å². The van der Waals surface area contributed by atoms with Crippen molar-refractivity contribution in [2.45, 2.75) is 76.9 Å². The molecule has 0 bridgehead atoms. The molecule has 3 N–H and O–H groups in total. The molecule has 0 aromatic carbocycles. The predicted molar refractivity (Wildman–Crippen MR) is 99.3 cm³/mol. The number of rotatable bonds is 3. The number of hydrogen-bond acceptors (Lipinski definition) is 4. The molecule has 4 aliphatic carbocycles. The van der Waals surface area contributed by atoms with Gasteiger partial charge in [-0.15, -0.1) is 0 Å². The minimum absolute atomic E-state index is 0.107. The number of carbonyl (C=O) groups is 1. The second kappa shape index (κ2) is 6.15. The molecule has 0 amide bonds. The first kappa shape index (κ1) is 18.6. The Balaban J connectivity index is 1.67. The Morgan fingerprint density at radius 1 is 1.23 bits per heavy atom. The number of carbonyl (C=O) groups excluding carboxylic acids is 1. The molecule has 26 heavy (non-hydrogen) atoms. The van der Waals surface area contributed by atoms with Crippen LogP contribution in [0.5, 0.6) is 0 Å². The molecule has 0 aromatic heterocycles. The Bertz CT molecular complexity index is 615. The third-order valence-electron chi connectivity index (χ3n) is 9.05. The highest BCUT2D eigenvalue weighted by Crippen LogP contribution is 2.67. The SMILES string of the molecule is C[C@]12C=CC(=O)C[C@@H]1CC[C@@H]1[C@@H]2[C@@H](O)C[C@@]2(C)[C@H]1CC[C@@]2(O)CCCO. The molecule has 0 unspecified atom stereocenters. The maximum atomic E-state index is 11.9. The van der Waals surface area contributed by atoms with E-state index in [1.54, 1.807) is 6.08 Å². The van der Waals surface area contributed by atoms with Gasteiger partial charge in [-0.2, -0.15) is 0 Å². The summed E-state index contributed by atoms with van der Waals surface area (Å²) in [5.41, 5.74) is -1.16. The number of fused-ring (bicyclic) bond motifs is 5. The van der Waals surface area contributed by atoms with Crippen LogP contribution in [0.25, 0.3) is 0 Å². The summed E-state index contributed by atoms with van der Waals surface area (Å²) < 4.78 is 0. The second-order valence-electron chi connectivity index (χ2n) is 10.0. The predicted octanol–water partition coefficient (Wildman–Crippen LogP) is 2.85. The van der Waals surface area contributed by atoms with Gasteiger partial charge in [0.25, 0.3) is 0 Å². The van der Waals surface area contributed by atoms with Crippen molar-refractivity contribution in [2.24, 2.45) is 34.5 Å². The zero-order valence-electron chi connectivity index (χ0n) is 16.2. The van der Waals surface area contributed by atoms with Crippen LogP contribution in [-0.4, -0.2) is 39.4 Å². The number of ketones is 1. The highest BCUT2D eigenvalue weighted by atomic mass is 16.3. The van der Waals surface area contributed by atoms with Gasteiger partial charge in [-0.1, -0.05) is 19.9 Å². The third-order valence-corrected chi connectivity index (χ3v) is 9.05. The number of aliphatic hydroxyl groups is 3. The molecule has 4 heteroatoms. The average molecular weight is 363 g/mol. The van der Waals surface area contributed by atoms with E-state index in [0.29, 0.717) is 43.4 Å². The summed E-state index contributed by atoms with van der Waals surface area (Å²) in [5, 5.41) is 31.9. The van der Waals surface area contributed by atoms with E-state index in [1.165, 1.54) is 0 Å². The van der Waals surface area contributed by atoms with Gasteiger partial charge in [-0.05, 0) is 80.1 Å². The highest BCUT2D eigenvalue weighted by Gasteiger charge is 2.66. The van der Waals surface area contributed by atoms with Crippen LogP contribution in [0.3, 0.4) is 0 Å². The van der Waals surface area contributed by atoms with Crippen molar-refractivity contribution < 1.29 is 20.1 Å². The zero-order chi connectivity index (χ0) is 18.7. The van der Waals surface area contributed by atoms with E-state index in [-0.39, 0.29) is 29.1 Å². The maximum absolute atomic E-state index is 11.9. The minimum atomic E-state index is -0.775. The largest absolute Gasteiger partial charge is 0.396 e. The topological polar surface area (TPSA) is 77.8 Å². The molecule has 8 atom stereocenters. The highest BCUT2D eigenvalue weighted by molar-refractivity contribution is 5.91. The smallest absolute Gasteiger partial charge is 0.155 e. The molecule has 0 radical (unpaired) electrons. The van der Waals surface area contributed by atoms with Crippen LogP contribution in [0, 0.1) is 34.5 Å². The first-order chi connectivity index (χ1) is 12.2. The lowest BCUT2D eigenvalue weighted by atomic mass is 9.44. The van der Waals surface area contributed by atoms with E-state index in [2.05, 4.69) is 19.9 Å². The maximum Gasteiger partial charge on any atom is 0.155 e. The van der Waals surface area contributed by atoms with E-state index in [0.717, 1.165) is 25.7 Å². The molecule has 4 aliphatic rings. The molecule has 3 saturated carbocycles. The Kier molecular flexibility index (Phi) is 4.41. The van der Waals surface area contributed by atoms with Crippen molar-refractivity contribution >= 4 is 5.78 Å². The fraction of sp³-hybridized carbons (Fsp3) is 0.864. The normalized spacial score (nSPS) is 53.1. The number of aliphatic hydroxyl groups excluding tert-OH is 2. The van der Waals surface area contributed by atoms with Gasteiger partial charge in [0.05, 0.1) is 11.7 Å². The zero-order valence-corrected chi connectivity index (χ0v) is 16.2. The molecule has 0 saturated heterocycles. The average Bonchev–Trinajstić information content (AvgIpc) is 2.85. The monoisotopic (exact) mass is 362 g/mol. The summed E-state index contributed by atoms with van der Waals surface area (Å²) in [4.78, 5) is 11.9. The van der Waals surface area contributed by atoms with Gasteiger partial charge < -0.3 is 15.3 Å². The summed E-state index contributed by atoms with van der Waals surface area (Å²) in [5.74, 6) is 1.58. The standard InChI is InChI=1S/C22H34O4/c1-20-9-6-15(24)12-14(20)4-5-16-17-7-10-22(26,8-3-11-23)21(17,2)13-18(25)19(16)20/h6,9,14,16-19,23,25-26H,3-5,7-8,10-13H2,1-2H3/t14-,16-,17-,18-,19+,20-,21-,22-/m0/s1. The quantitative estimate of drug-likeness (QED) is 0.721. The van der Waals surface area contributed by atoms with Crippen LogP contribution in [0.15, 0.2) is 12.2 Å². The van der Waals surface area contributed by atoms with Crippen molar-refractivity contribution in [1.82, 2.24) is 0 Å². The van der Waals surface area contributed by atoms with E-state index in [9.17, 15) is 20.1 Å². The fourth-order valence-electron chi connectivity index (χ4n) is 7.64. The first-order valence-corrected chi connectivity index (χ1v) is 10.5. The van der Waals surface area contributed by atoms with E-state index < -0.39 is 11.7 Å². The van der Waals surface area contributed by atoms with Gasteiger partial charge in [0.2, 0.25) is 0 Å². The fourth-order valence-corrected chi connectivity index (χ4v) is 7.64. The van der Waals surface area contributed by atoms with Crippen LogP contribution in [0.4, 0.5) is 0 Å². The van der Waals surface area contributed by atoms with Gasteiger partial charge in [0.1, 0.15) is 0 Å². The van der Waals surface area contributed by atoms with Gasteiger partial charge >= 0.3 is 0 Å². The molecule has 3 fully saturated rings. The van der Waals surface area contributed by atoms with Crippen molar-refractivity contribution in [3.63, 3.8) is 0 Å². The molecular weight excluding hydrogens is 328 g/mol. The lowest BCUT2D eigenvalue weighted by molar-refractivity contribution is -0.184. The minimum Gasteiger partial charge on any atom is -0.396 e. The molecule has 0 aromatic rings. The molecule has 4 nitrogen and oxygen atoms in total. The van der Waals surface area contributed by atoms with Crippen molar-refractivity contribution in [3.05, 3.63) is 12.2 Å². The van der Waals surface area contributed by atoms with Crippen LogP contribution >= 0.6 is 0 Å². The van der Waals surface area contributed by atoms with E-state index in [4.69, 9.17) is 0 Å². The summed E-state index contributed by atoms with van der Waals surface area (Å²) >= 11 is 0. The van der Waals surface area contributed by atoms with Crippen LogP contribution in [-0.2, 0) is 4.79 Å². The van der Waals surface area contributed by atoms with Crippen molar-refractivity contribution in [3.8, 4) is 0 Å². The lowest BCUT2D eigenvalue weighted by Gasteiger charge is -2.61. The molecule has 4 rings (SSSR count). The lowest BCUT2D eigenvalue weighted by Crippen LogP contribution is -2.60. The van der Waals surface area contributed by atoms with Crippen molar-refractivity contribution in [2.75, 3.05) is 6.61 Å². The molecule has 0 aliphatic heterocycles. The number of hydrogen-bond donors (Lipinski definition) is 3. The molecule has 146 valence electrons. The Labute approximate surface area is 156 Å². The Morgan fingerprint density at radius 3 is 2.73 bits per heavy atom. The van der Waals surface area contributed by atoms with Crippen LogP contribution < -0.4 is 0 Å². The Hall–Kier alpha value is -0.710. The van der Waals surface area contributed by atoms with Gasteiger partial charge in [-0.25, -0.2) is 0 Å². The summed E-state index contributed by atoms with van der Waals surface area (Å²) in [6, 6.07) is 0. The molecular formula is C22H34O4. The summed E-state index contributed by atoms with van der Waals surface area (Å²) in [6.45, 7) is 4.53. The van der Waals surface area contributed by atoms with Gasteiger partial charge in [-0.3, -0.25) is 4.79 Å². The van der Waals surface area contributed by atoms with Gasteiger partial charge in [0.15, 0.2) is 5.78 Å².